The first-order chi connectivity index (χ1) is 18.5. The molecule has 0 saturated heterocycles. The maximum absolute atomic E-state index is 11.8. The topological polar surface area (TPSA) is 127 Å². The van der Waals surface area contributed by atoms with E-state index in [-0.39, 0.29) is 5.56 Å². The van der Waals surface area contributed by atoms with E-state index in [2.05, 4.69) is 56.4 Å². The number of tetrazole rings is 1. The Kier molecular flexibility index (Phi) is 7.21. The zero-order valence-corrected chi connectivity index (χ0v) is 21.2. The van der Waals surface area contributed by atoms with Crippen LogP contribution in [0.4, 0.5) is 5.69 Å². The number of nitrogens with zero attached hydrogens (tertiary/aromatic N) is 7. The van der Waals surface area contributed by atoms with Gasteiger partial charge in [-0.15, -0.1) is 5.10 Å². The molecule has 10 nitrogen and oxygen atoms in total. The standard InChI is InChI=1S/C28H28N8O2/c1-3-4-13-25-32-35(2)28(29-24-12-8-7-11-23(24)27(37)38)36(25)18-19-14-16-20(17-15-19)21-9-5-6-10-22(21)26-30-33-34-31-26/h5-12,14-17H,3-4,13,18H2,1-2H3,(H,37,38)(H,30,31,33,34). The van der Waals surface area contributed by atoms with Crippen LogP contribution in [0.15, 0.2) is 77.8 Å². The number of carboxylic acid groups (broad SMARTS) is 1. The number of benzene rings is 3. The molecule has 0 aliphatic rings. The molecular formula is C28H28N8O2. The number of aromatic amines is 1. The van der Waals surface area contributed by atoms with Gasteiger partial charge in [0, 0.05) is 19.0 Å². The summed E-state index contributed by atoms with van der Waals surface area (Å²) in [6.45, 7) is 2.70. The summed E-state index contributed by atoms with van der Waals surface area (Å²) in [4.78, 5) is 16.5. The molecule has 0 bridgehead atoms. The highest BCUT2D eigenvalue weighted by atomic mass is 16.4. The fraction of sp³-hybridized carbons (Fsp3) is 0.214. The SMILES string of the molecule is CCCCc1nn(C)c(=Nc2ccccc2C(=O)O)n1Cc1ccc(-c2ccccc2-c2nnn[nH]2)cc1. The quantitative estimate of drug-likeness (QED) is 0.304. The van der Waals surface area contributed by atoms with Crippen molar-refractivity contribution >= 4 is 11.7 Å². The van der Waals surface area contributed by atoms with Crippen LogP contribution in [0.3, 0.4) is 0 Å². The van der Waals surface area contributed by atoms with E-state index in [0.29, 0.717) is 23.7 Å². The summed E-state index contributed by atoms with van der Waals surface area (Å²) < 4.78 is 3.79. The van der Waals surface area contributed by atoms with Crippen molar-refractivity contribution < 1.29 is 9.90 Å². The summed E-state index contributed by atoms with van der Waals surface area (Å²) >= 11 is 0. The first kappa shape index (κ1) is 24.8. The van der Waals surface area contributed by atoms with Gasteiger partial charge in [-0.2, -0.15) is 5.10 Å². The van der Waals surface area contributed by atoms with Crippen molar-refractivity contribution in [2.45, 2.75) is 32.7 Å². The van der Waals surface area contributed by atoms with Crippen LogP contribution < -0.4 is 5.62 Å². The van der Waals surface area contributed by atoms with Crippen LogP contribution in [0.5, 0.6) is 0 Å². The molecule has 2 aromatic heterocycles. The number of aromatic nitrogens is 7. The van der Waals surface area contributed by atoms with E-state index in [9.17, 15) is 9.90 Å². The molecule has 0 aliphatic carbocycles. The molecule has 0 spiro atoms. The van der Waals surface area contributed by atoms with Gasteiger partial charge in [-0.25, -0.2) is 19.6 Å². The maximum Gasteiger partial charge on any atom is 0.337 e. The Morgan fingerprint density at radius 1 is 1.00 bits per heavy atom. The summed E-state index contributed by atoms with van der Waals surface area (Å²) in [6.07, 6.45) is 2.84. The molecule has 192 valence electrons. The van der Waals surface area contributed by atoms with Gasteiger partial charge in [-0.05, 0) is 45.7 Å². The summed E-state index contributed by atoms with van der Waals surface area (Å²) in [6, 6.07) is 23.1. The molecule has 0 aliphatic heterocycles. The number of unbranched alkanes of at least 4 members (excludes halogenated alkanes) is 1. The molecule has 2 heterocycles. The van der Waals surface area contributed by atoms with Gasteiger partial charge in [-0.3, -0.25) is 4.57 Å². The Bertz CT molecular complexity index is 1620. The van der Waals surface area contributed by atoms with Crippen molar-refractivity contribution in [3.63, 3.8) is 0 Å². The van der Waals surface area contributed by atoms with E-state index < -0.39 is 5.97 Å². The molecule has 0 fully saturated rings. The van der Waals surface area contributed by atoms with E-state index >= 15 is 0 Å². The Labute approximate surface area is 219 Å². The molecule has 5 rings (SSSR count). The van der Waals surface area contributed by atoms with Crippen molar-refractivity contribution in [1.29, 1.82) is 0 Å². The third-order valence-electron chi connectivity index (χ3n) is 6.35. The van der Waals surface area contributed by atoms with Crippen molar-refractivity contribution in [2.24, 2.45) is 12.0 Å². The van der Waals surface area contributed by atoms with E-state index in [0.717, 1.165) is 47.3 Å². The van der Waals surface area contributed by atoms with Gasteiger partial charge in [0.1, 0.15) is 5.82 Å². The molecule has 10 heteroatoms. The molecule has 3 aromatic carbocycles. The second-order valence-corrected chi connectivity index (χ2v) is 8.96. The fourth-order valence-corrected chi connectivity index (χ4v) is 4.42. The van der Waals surface area contributed by atoms with Crippen LogP contribution in [0.2, 0.25) is 0 Å². The third-order valence-corrected chi connectivity index (χ3v) is 6.35. The van der Waals surface area contributed by atoms with Crippen LogP contribution in [0, 0.1) is 0 Å². The number of hydrogen-bond acceptors (Lipinski definition) is 6. The zero-order valence-electron chi connectivity index (χ0n) is 21.2. The number of rotatable bonds is 9. The average Bonchev–Trinajstić information content (AvgIpc) is 3.57. The number of nitrogens with one attached hydrogen (secondary N) is 1. The predicted molar refractivity (Wildman–Crippen MR) is 143 cm³/mol. The highest BCUT2D eigenvalue weighted by molar-refractivity contribution is 5.93. The minimum atomic E-state index is -1.01. The number of carbonyl (C=O) groups is 1. The van der Waals surface area contributed by atoms with Gasteiger partial charge >= 0.3 is 5.97 Å². The first-order valence-corrected chi connectivity index (χ1v) is 12.5. The van der Waals surface area contributed by atoms with Crippen molar-refractivity contribution in [2.75, 3.05) is 0 Å². The summed E-state index contributed by atoms with van der Waals surface area (Å²) in [5, 5.41) is 28.7. The smallest absolute Gasteiger partial charge is 0.337 e. The summed E-state index contributed by atoms with van der Waals surface area (Å²) in [5.74, 6) is 0.512. The lowest BCUT2D eigenvalue weighted by Gasteiger charge is -2.10. The van der Waals surface area contributed by atoms with E-state index in [4.69, 9.17) is 10.1 Å². The molecular weight excluding hydrogens is 480 g/mol. The Hall–Kier alpha value is -4.86. The highest BCUT2D eigenvalue weighted by Crippen LogP contribution is 2.29. The molecule has 0 saturated carbocycles. The van der Waals surface area contributed by atoms with E-state index in [1.165, 1.54) is 0 Å². The fourth-order valence-electron chi connectivity index (χ4n) is 4.42. The van der Waals surface area contributed by atoms with Crippen LogP contribution in [-0.2, 0) is 20.0 Å². The van der Waals surface area contributed by atoms with E-state index in [1.807, 2.05) is 31.3 Å². The minimum Gasteiger partial charge on any atom is -0.478 e. The van der Waals surface area contributed by atoms with Gasteiger partial charge in [-0.1, -0.05) is 74.0 Å². The van der Waals surface area contributed by atoms with Gasteiger partial charge in [0.25, 0.3) is 0 Å². The number of carboxylic acids is 1. The Balaban J connectivity index is 1.53. The highest BCUT2D eigenvalue weighted by Gasteiger charge is 2.14. The van der Waals surface area contributed by atoms with E-state index in [1.54, 1.807) is 28.9 Å². The lowest BCUT2D eigenvalue weighted by atomic mass is 9.98. The number of H-pyrrole nitrogens is 1. The number of aromatic carboxylic acids is 1. The van der Waals surface area contributed by atoms with Crippen molar-refractivity contribution in [1.82, 2.24) is 35.0 Å². The third kappa shape index (κ3) is 5.15. The predicted octanol–water partition coefficient (Wildman–Crippen LogP) is 4.39. The number of aryl methyl sites for hydroxylation is 2. The van der Waals surface area contributed by atoms with Gasteiger partial charge < -0.3 is 5.11 Å². The minimum absolute atomic E-state index is 0.153. The van der Waals surface area contributed by atoms with Crippen LogP contribution in [0.1, 0.15) is 41.5 Å². The largest absolute Gasteiger partial charge is 0.478 e. The first-order valence-electron chi connectivity index (χ1n) is 12.5. The number of para-hydroxylation sites is 1. The lowest BCUT2D eigenvalue weighted by molar-refractivity contribution is 0.0697. The van der Waals surface area contributed by atoms with Gasteiger partial charge in [0.2, 0.25) is 5.62 Å². The Morgan fingerprint density at radius 2 is 1.74 bits per heavy atom. The van der Waals surface area contributed by atoms with Crippen LogP contribution in [-0.4, -0.2) is 46.0 Å². The monoisotopic (exact) mass is 508 g/mol. The van der Waals surface area contributed by atoms with Gasteiger partial charge in [0.05, 0.1) is 17.8 Å². The molecule has 38 heavy (non-hydrogen) atoms. The second-order valence-electron chi connectivity index (χ2n) is 8.96. The molecule has 0 amide bonds. The Morgan fingerprint density at radius 3 is 2.45 bits per heavy atom. The maximum atomic E-state index is 11.8. The molecule has 0 radical (unpaired) electrons. The molecule has 0 unspecified atom stereocenters. The van der Waals surface area contributed by atoms with Crippen LogP contribution in [0.25, 0.3) is 22.5 Å². The zero-order chi connectivity index (χ0) is 26.5. The number of hydrogen-bond donors (Lipinski definition) is 2. The summed E-state index contributed by atoms with van der Waals surface area (Å²) in [5.41, 5.74) is 5.21. The summed E-state index contributed by atoms with van der Waals surface area (Å²) in [7, 11) is 1.84. The lowest BCUT2D eigenvalue weighted by Crippen LogP contribution is -2.26. The van der Waals surface area contributed by atoms with Gasteiger partial charge in [0.15, 0.2) is 5.82 Å². The van der Waals surface area contributed by atoms with Crippen molar-refractivity contribution in [3.05, 3.63) is 95.4 Å². The van der Waals surface area contributed by atoms with Crippen LogP contribution >= 0.6 is 0 Å². The second kappa shape index (κ2) is 11.0. The average molecular weight is 509 g/mol. The molecule has 0 atom stereocenters. The molecule has 5 aromatic rings. The van der Waals surface area contributed by atoms with Crippen molar-refractivity contribution in [3.8, 4) is 22.5 Å². The normalized spacial score (nSPS) is 11.7. The molecule has 2 N–H and O–H groups in total.